The zero-order chi connectivity index (χ0) is 12.5. The molecule has 1 aliphatic rings. The largest absolute Gasteiger partial charge is 0.345 e. The minimum Gasteiger partial charge on any atom is -0.345 e. The van der Waals surface area contributed by atoms with Crippen molar-refractivity contribution in [1.82, 2.24) is 14.7 Å². The highest BCUT2D eigenvalue weighted by molar-refractivity contribution is 5.54. The van der Waals surface area contributed by atoms with Gasteiger partial charge in [0.25, 0.3) is 11.8 Å². The van der Waals surface area contributed by atoms with Crippen LogP contribution in [0.15, 0.2) is 16.8 Å². The van der Waals surface area contributed by atoms with E-state index in [2.05, 4.69) is 21.1 Å². The number of hydrogen-bond donors (Lipinski definition) is 0. The summed E-state index contributed by atoms with van der Waals surface area (Å²) in [6, 6.07) is 3.85. The molecule has 0 saturated carbocycles. The van der Waals surface area contributed by atoms with E-state index < -0.39 is 0 Å². The summed E-state index contributed by atoms with van der Waals surface area (Å²) in [4.78, 5) is 6.50. The Morgan fingerprint density at radius 1 is 1.39 bits per heavy atom. The lowest BCUT2D eigenvalue weighted by molar-refractivity contribution is 0.427. The lowest BCUT2D eigenvalue weighted by atomic mass is 10.3. The third-order valence-electron chi connectivity index (χ3n) is 3.16. The zero-order valence-electron chi connectivity index (χ0n) is 10.1. The van der Waals surface area contributed by atoms with Crippen molar-refractivity contribution < 1.29 is 4.52 Å². The van der Waals surface area contributed by atoms with Crippen molar-refractivity contribution in [2.24, 2.45) is 7.05 Å². The first-order valence-corrected chi connectivity index (χ1v) is 5.93. The molecule has 18 heavy (non-hydrogen) atoms. The van der Waals surface area contributed by atoms with Gasteiger partial charge in [-0.25, -0.2) is 0 Å². The van der Waals surface area contributed by atoms with Gasteiger partial charge >= 0.3 is 0 Å². The number of anilines is 1. The molecule has 0 spiro atoms. The van der Waals surface area contributed by atoms with Crippen LogP contribution in [0.5, 0.6) is 0 Å². The van der Waals surface area contributed by atoms with E-state index in [-0.39, 0.29) is 0 Å². The Morgan fingerprint density at radius 2 is 2.17 bits per heavy atom. The van der Waals surface area contributed by atoms with Crippen LogP contribution < -0.4 is 4.90 Å². The number of nitriles is 1. The lowest BCUT2D eigenvalue weighted by Crippen LogP contribution is -2.18. The van der Waals surface area contributed by atoms with Gasteiger partial charge in [0, 0.05) is 26.3 Å². The van der Waals surface area contributed by atoms with Crippen molar-refractivity contribution in [3.8, 4) is 17.7 Å². The fourth-order valence-electron chi connectivity index (χ4n) is 2.20. The van der Waals surface area contributed by atoms with Crippen molar-refractivity contribution in [3.05, 3.63) is 17.8 Å². The van der Waals surface area contributed by atoms with Crippen LogP contribution in [0.3, 0.4) is 0 Å². The maximum absolute atomic E-state index is 8.86. The smallest absolute Gasteiger partial charge is 0.276 e. The van der Waals surface area contributed by atoms with Crippen LogP contribution in [0.25, 0.3) is 11.6 Å². The third kappa shape index (κ3) is 1.74. The van der Waals surface area contributed by atoms with Crippen molar-refractivity contribution in [3.63, 3.8) is 0 Å². The van der Waals surface area contributed by atoms with Crippen molar-refractivity contribution in [2.75, 3.05) is 18.0 Å². The highest BCUT2D eigenvalue weighted by Gasteiger charge is 2.20. The first-order valence-electron chi connectivity index (χ1n) is 5.93. The summed E-state index contributed by atoms with van der Waals surface area (Å²) in [6.45, 7) is 1.96. The van der Waals surface area contributed by atoms with Gasteiger partial charge in [-0.05, 0) is 24.1 Å². The molecule has 3 heterocycles. The fourth-order valence-corrected chi connectivity index (χ4v) is 2.20. The van der Waals surface area contributed by atoms with Gasteiger partial charge in [-0.1, -0.05) is 0 Å². The van der Waals surface area contributed by atoms with E-state index in [1.807, 2.05) is 11.6 Å². The molecule has 6 heteroatoms. The van der Waals surface area contributed by atoms with Crippen LogP contribution in [0.2, 0.25) is 0 Å². The summed E-state index contributed by atoms with van der Waals surface area (Å²) in [5, 5.41) is 12.9. The van der Waals surface area contributed by atoms with E-state index in [1.165, 1.54) is 12.8 Å². The molecule has 92 valence electrons. The quantitative estimate of drug-likeness (QED) is 0.800. The minimum atomic E-state index is 0.459. The van der Waals surface area contributed by atoms with Gasteiger partial charge in [0.2, 0.25) is 0 Å². The minimum absolute atomic E-state index is 0.459. The van der Waals surface area contributed by atoms with Gasteiger partial charge < -0.3 is 14.0 Å². The molecular formula is C12H13N5O. The number of aryl methyl sites for hydroxylation is 1. The van der Waals surface area contributed by atoms with Gasteiger partial charge in [0.1, 0.15) is 11.8 Å². The SMILES string of the molecule is Cn1cc(C#N)cc1-c1nc(N2CCCC2)no1. The van der Waals surface area contributed by atoms with Crippen molar-refractivity contribution in [1.29, 1.82) is 5.26 Å². The fraction of sp³-hybridized carbons (Fsp3) is 0.417. The Balaban J connectivity index is 1.92. The highest BCUT2D eigenvalue weighted by Crippen LogP contribution is 2.23. The molecule has 1 saturated heterocycles. The molecule has 0 aromatic carbocycles. The zero-order valence-corrected chi connectivity index (χ0v) is 10.1. The third-order valence-corrected chi connectivity index (χ3v) is 3.16. The van der Waals surface area contributed by atoms with Crippen LogP contribution >= 0.6 is 0 Å². The predicted molar refractivity (Wildman–Crippen MR) is 64.9 cm³/mol. The van der Waals surface area contributed by atoms with Gasteiger partial charge in [0.15, 0.2) is 0 Å². The molecule has 2 aromatic heterocycles. The van der Waals surface area contributed by atoms with Crippen LogP contribution in [0.4, 0.5) is 5.95 Å². The summed E-state index contributed by atoms with van der Waals surface area (Å²) in [6.07, 6.45) is 4.09. The number of hydrogen-bond acceptors (Lipinski definition) is 5. The molecule has 6 nitrogen and oxygen atoms in total. The molecule has 0 radical (unpaired) electrons. The molecule has 0 N–H and O–H groups in total. The Kier molecular flexibility index (Phi) is 2.52. The first kappa shape index (κ1) is 10.8. The molecule has 0 aliphatic carbocycles. The van der Waals surface area contributed by atoms with E-state index in [1.54, 1.807) is 12.3 Å². The molecule has 2 aromatic rings. The Morgan fingerprint density at radius 3 is 2.83 bits per heavy atom. The van der Waals surface area contributed by atoms with Crippen molar-refractivity contribution in [2.45, 2.75) is 12.8 Å². The summed E-state index contributed by atoms with van der Waals surface area (Å²) in [5.41, 5.74) is 1.36. The second kappa shape index (κ2) is 4.18. The van der Waals surface area contributed by atoms with Crippen LogP contribution in [-0.2, 0) is 7.05 Å². The molecule has 1 aliphatic heterocycles. The summed E-state index contributed by atoms with van der Waals surface area (Å²) in [5.74, 6) is 1.10. The lowest BCUT2D eigenvalue weighted by Gasteiger charge is -2.09. The Bertz CT molecular complexity index is 600. The number of rotatable bonds is 2. The molecule has 3 rings (SSSR count). The topological polar surface area (TPSA) is 70.9 Å². The molecule has 1 fully saturated rings. The summed E-state index contributed by atoms with van der Waals surface area (Å²) < 4.78 is 7.09. The van der Waals surface area contributed by atoms with E-state index in [0.717, 1.165) is 18.8 Å². The van der Waals surface area contributed by atoms with Crippen LogP contribution in [0, 0.1) is 11.3 Å². The molecular weight excluding hydrogens is 230 g/mol. The maximum atomic E-state index is 8.86. The van der Waals surface area contributed by atoms with Crippen LogP contribution in [-0.4, -0.2) is 27.8 Å². The summed E-state index contributed by atoms with van der Waals surface area (Å²) >= 11 is 0. The van der Waals surface area contributed by atoms with Crippen molar-refractivity contribution >= 4 is 5.95 Å². The highest BCUT2D eigenvalue weighted by atomic mass is 16.5. The standard InChI is InChI=1S/C12H13N5O/c1-16-8-9(7-13)6-10(16)11-14-12(15-18-11)17-4-2-3-5-17/h6,8H,2-5H2,1H3. The van der Waals surface area contributed by atoms with Gasteiger partial charge in [0.05, 0.1) is 5.56 Å². The Labute approximate surface area is 104 Å². The Hall–Kier alpha value is -2.29. The average molecular weight is 243 g/mol. The average Bonchev–Trinajstić information content (AvgIpc) is 3.08. The van der Waals surface area contributed by atoms with E-state index in [4.69, 9.17) is 9.78 Å². The molecule has 0 atom stereocenters. The molecule has 0 unspecified atom stereocenters. The predicted octanol–water partition coefficient (Wildman–Crippen LogP) is 1.55. The normalized spacial score (nSPS) is 15.0. The first-order chi connectivity index (χ1) is 8.78. The van der Waals surface area contributed by atoms with Crippen LogP contribution in [0.1, 0.15) is 18.4 Å². The van der Waals surface area contributed by atoms with E-state index in [0.29, 0.717) is 17.4 Å². The van der Waals surface area contributed by atoms with E-state index >= 15 is 0 Å². The van der Waals surface area contributed by atoms with E-state index in [9.17, 15) is 0 Å². The van der Waals surface area contributed by atoms with Gasteiger partial charge in [-0.2, -0.15) is 10.2 Å². The second-order valence-electron chi connectivity index (χ2n) is 4.43. The maximum Gasteiger partial charge on any atom is 0.276 e. The number of aromatic nitrogens is 3. The molecule has 0 bridgehead atoms. The second-order valence-corrected chi connectivity index (χ2v) is 4.43. The number of nitrogens with zero attached hydrogens (tertiary/aromatic N) is 5. The van der Waals surface area contributed by atoms with Gasteiger partial charge in [-0.3, -0.25) is 0 Å². The van der Waals surface area contributed by atoms with Gasteiger partial charge in [-0.15, -0.1) is 0 Å². The molecule has 0 amide bonds. The summed E-state index contributed by atoms with van der Waals surface area (Å²) in [7, 11) is 1.86. The monoisotopic (exact) mass is 243 g/mol.